The molecule has 5 nitrogen and oxygen atoms in total. The number of anilines is 1. The molecule has 0 radical (unpaired) electrons. The van der Waals surface area contributed by atoms with Gasteiger partial charge in [0.2, 0.25) is 5.91 Å². The van der Waals surface area contributed by atoms with Crippen molar-refractivity contribution in [2.24, 2.45) is 0 Å². The van der Waals surface area contributed by atoms with Crippen LogP contribution >= 0.6 is 0 Å². The van der Waals surface area contributed by atoms with E-state index < -0.39 is 5.97 Å². The standard InChI is InChI=1S/C19H21FN2O3/c1-12(16-11-15(20)8-9-17(16)22(2)3)21-18(23)10-13-4-6-14(7-5-13)19(24)25/h4-9,11-12H,10H2,1-3H3,(H,21,23)(H,24,25). The molecule has 0 aliphatic carbocycles. The summed E-state index contributed by atoms with van der Waals surface area (Å²) in [7, 11) is 3.71. The van der Waals surface area contributed by atoms with Gasteiger partial charge in [-0.15, -0.1) is 0 Å². The first kappa shape index (κ1) is 18.4. The van der Waals surface area contributed by atoms with Crippen molar-refractivity contribution in [3.05, 3.63) is 65.0 Å². The summed E-state index contributed by atoms with van der Waals surface area (Å²) in [6, 6.07) is 10.3. The number of carboxylic acid groups (broad SMARTS) is 1. The minimum absolute atomic E-state index is 0.122. The van der Waals surface area contributed by atoms with Crippen LogP contribution in [-0.4, -0.2) is 31.1 Å². The second-order valence-electron chi connectivity index (χ2n) is 6.07. The smallest absolute Gasteiger partial charge is 0.335 e. The molecule has 0 aliphatic heterocycles. The van der Waals surface area contributed by atoms with Crippen molar-refractivity contribution in [1.29, 1.82) is 0 Å². The van der Waals surface area contributed by atoms with Gasteiger partial charge >= 0.3 is 5.97 Å². The Morgan fingerprint density at radius 3 is 2.36 bits per heavy atom. The predicted molar refractivity (Wildman–Crippen MR) is 94.4 cm³/mol. The molecule has 2 aromatic carbocycles. The molecule has 132 valence electrons. The van der Waals surface area contributed by atoms with E-state index in [1.807, 2.05) is 19.0 Å². The van der Waals surface area contributed by atoms with Crippen LogP contribution in [0.5, 0.6) is 0 Å². The van der Waals surface area contributed by atoms with Crippen molar-refractivity contribution in [3.63, 3.8) is 0 Å². The monoisotopic (exact) mass is 344 g/mol. The number of hydrogen-bond acceptors (Lipinski definition) is 3. The number of nitrogens with one attached hydrogen (secondary N) is 1. The number of carboxylic acids is 1. The molecule has 6 heteroatoms. The average Bonchev–Trinajstić information content (AvgIpc) is 2.54. The number of halogens is 1. The molecule has 0 bridgehead atoms. The maximum atomic E-state index is 13.6. The van der Waals surface area contributed by atoms with Crippen molar-refractivity contribution < 1.29 is 19.1 Å². The van der Waals surface area contributed by atoms with Crippen molar-refractivity contribution >= 4 is 17.6 Å². The van der Waals surface area contributed by atoms with Crippen molar-refractivity contribution in [1.82, 2.24) is 5.32 Å². The Balaban J connectivity index is 2.07. The van der Waals surface area contributed by atoms with E-state index in [1.165, 1.54) is 24.3 Å². The van der Waals surface area contributed by atoms with Crippen LogP contribution in [0.3, 0.4) is 0 Å². The summed E-state index contributed by atoms with van der Waals surface area (Å²) >= 11 is 0. The average molecular weight is 344 g/mol. The Hall–Kier alpha value is -2.89. The third-order valence-corrected chi connectivity index (χ3v) is 3.88. The van der Waals surface area contributed by atoms with E-state index in [9.17, 15) is 14.0 Å². The molecule has 0 saturated heterocycles. The molecule has 2 N–H and O–H groups in total. The van der Waals surface area contributed by atoms with Gasteiger partial charge in [0, 0.05) is 25.3 Å². The number of benzene rings is 2. The van der Waals surface area contributed by atoms with Crippen LogP contribution in [-0.2, 0) is 11.2 Å². The zero-order chi connectivity index (χ0) is 18.6. The summed E-state index contributed by atoms with van der Waals surface area (Å²) < 4.78 is 13.6. The molecule has 25 heavy (non-hydrogen) atoms. The van der Waals surface area contributed by atoms with Crippen LogP contribution in [0, 0.1) is 5.82 Å². The Morgan fingerprint density at radius 1 is 1.16 bits per heavy atom. The lowest BCUT2D eigenvalue weighted by atomic mass is 10.0. The van der Waals surface area contributed by atoms with Gasteiger partial charge in [0.1, 0.15) is 5.82 Å². The molecule has 0 fully saturated rings. The molecule has 1 amide bonds. The topological polar surface area (TPSA) is 69.6 Å². The molecule has 1 atom stereocenters. The van der Waals surface area contributed by atoms with Gasteiger partial charge in [-0.25, -0.2) is 9.18 Å². The Bertz CT molecular complexity index is 773. The number of hydrogen-bond donors (Lipinski definition) is 2. The molecule has 0 saturated carbocycles. The fraction of sp³-hybridized carbons (Fsp3) is 0.263. The second-order valence-corrected chi connectivity index (χ2v) is 6.07. The van der Waals surface area contributed by atoms with Crippen LogP contribution in [0.25, 0.3) is 0 Å². The van der Waals surface area contributed by atoms with Gasteiger partial charge in [0.05, 0.1) is 18.0 Å². The van der Waals surface area contributed by atoms with Gasteiger partial charge in [-0.2, -0.15) is 0 Å². The Labute approximate surface area is 146 Å². The molecule has 2 aromatic rings. The van der Waals surface area contributed by atoms with Gasteiger partial charge in [-0.1, -0.05) is 12.1 Å². The number of amides is 1. The van der Waals surface area contributed by atoms with Gasteiger partial charge in [0.15, 0.2) is 0 Å². The molecular weight excluding hydrogens is 323 g/mol. The zero-order valence-electron chi connectivity index (χ0n) is 14.4. The summed E-state index contributed by atoms with van der Waals surface area (Å²) in [4.78, 5) is 24.9. The molecule has 1 unspecified atom stereocenters. The van der Waals surface area contributed by atoms with Crippen molar-refractivity contribution in [3.8, 4) is 0 Å². The fourth-order valence-corrected chi connectivity index (χ4v) is 2.60. The lowest BCUT2D eigenvalue weighted by Gasteiger charge is -2.22. The fourth-order valence-electron chi connectivity index (χ4n) is 2.60. The summed E-state index contributed by atoms with van der Waals surface area (Å²) in [6.45, 7) is 1.80. The number of nitrogens with zero attached hydrogens (tertiary/aromatic N) is 1. The van der Waals surface area contributed by atoms with Crippen LogP contribution < -0.4 is 10.2 Å². The van der Waals surface area contributed by atoms with E-state index >= 15 is 0 Å². The normalized spacial score (nSPS) is 11.7. The minimum atomic E-state index is -1.01. The molecule has 0 spiro atoms. The highest BCUT2D eigenvalue weighted by molar-refractivity contribution is 5.87. The first-order valence-electron chi connectivity index (χ1n) is 7.86. The highest BCUT2D eigenvalue weighted by atomic mass is 19.1. The quantitative estimate of drug-likeness (QED) is 0.845. The predicted octanol–water partition coefficient (Wildman–Crippen LogP) is 3.01. The lowest BCUT2D eigenvalue weighted by molar-refractivity contribution is -0.121. The van der Waals surface area contributed by atoms with Crippen LogP contribution in [0.15, 0.2) is 42.5 Å². The second kappa shape index (κ2) is 7.79. The van der Waals surface area contributed by atoms with Crippen molar-refractivity contribution in [2.45, 2.75) is 19.4 Å². The van der Waals surface area contributed by atoms with E-state index in [0.29, 0.717) is 11.1 Å². The van der Waals surface area contributed by atoms with Crippen LogP contribution in [0.2, 0.25) is 0 Å². The van der Waals surface area contributed by atoms with Gasteiger partial charge in [-0.3, -0.25) is 4.79 Å². The third-order valence-electron chi connectivity index (χ3n) is 3.88. The maximum absolute atomic E-state index is 13.6. The Morgan fingerprint density at radius 2 is 1.80 bits per heavy atom. The molecule has 0 aliphatic rings. The number of rotatable bonds is 6. The minimum Gasteiger partial charge on any atom is -0.478 e. The SMILES string of the molecule is CC(NC(=O)Cc1ccc(C(=O)O)cc1)c1cc(F)ccc1N(C)C. The van der Waals surface area contributed by atoms with Gasteiger partial charge in [0.25, 0.3) is 0 Å². The molecule has 2 rings (SSSR count). The molecule has 0 heterocycles. The zero-order valence-corrected chi connectivity index (χ0v) is 14.4. The number of aromatic carboxylic acids is 1. The van der Waals surface area contributed by atoms with E-state index in [-0.39, 0.29) is 29.8 Å². The van der Waals surface area contributed by atoms with E-state index in [0.717, 1.165) is 5.69 Å². The van der Waals surface area contributed by atoms with E-state index in [1.54, 1.807) is 25.1 Å². The molecule has 0 aromatic heterocycles. The van der Waals surface area contributed by atoms with Crippen LogP contribution in [0.4, 0.5) is 10.1 Å². The van der Waals surface area contributed by atoms with E-state index in [4.69, 9.17) is 5.11 Å². The first-order chi connectivity index (χ1) is 11.8. The van der Waals surface area contributed by atoms with Gasteiger partial charge < -0.3 is 15.3 Å². The largest absolute Gasteiger partial charge is 0.478 e. The summed E-state index contributed by atoms with van der Waals surface area (Å²) in [5.74, 6) is -1.58. The third kappa shape index (κ3) is 4.79. The summed E-state index contributed by atoms with van der Waals surface area (Å²) in [5.41, 5.74) is 2.41. The lowest BCUT2D eigenvalue weighted by Crippen LogP contribution is -2.29. The maximum Gasteiger partial charge on any atom is 0.335 e. The number of carbonyl (C=O) groups excluding carboxylic acids is 1. The Kier molecular flexibility index (Phi) is 5.75. The van der Waals surface area contributed by atoms with Crippen molar-refractivity contribution in [2.75, 3.05) is 19.0 Å². The molecular formula is C19H21FN2O3. The van der Waals surface area contributed by atoms with Gasteiger partial charge in [-0.05, 0) is 42.8 Å². The number of carbonyl (C=O) groups is 2. The van der Waals surface area contributed by atoms with Crippen LogP contribution in [0.1, 0.15) is 34.5 Å². The highest BCUT2D eigenvalue weighted by Gasteiger charge is 2.16. The summed E-state index contributed by atoms with van der Waals surface area (Å²) in [5, 5.41) is 11.7. The summed E-state index contributed by atoms with van der Waals surface area (Å²) in [6.07, 6.45) is 0.122. The first-order valence-corrected chi connectivity index (χ1v) is 7.86. The highest BCUT2D eigenvalue weighted by Crippen LogP contribution is 2.26. The van der Waals surface area contributed by atoms with E-state index in [2.05, 4.69) is 5.32 Å².